The maximum absolute atomic E-state index is 14.8. The third-order valence-corrected chi connectivity index (χ3v) is 6.02. The number of nitrogens with one attached hydrogen (secondary N) is 1. The topological polar surface area (TPSA) is 104 Å². The summed E-state index contributed by atoms with van der Waals surface area (Å²) in [5, 5.41) is 7.44. The fourth-order valence-electron chi connectivity index (χ4n) is 4.56. The Labute approximate surface area is 183 Å². The van der Waals surface area contributed by atoms with Gasteiger partial charge in [0.05, 0.1) is 14.2 Å². The van der Waals surface area contributed by atoms with Gasteiger partial charge in [0.25, 0.3) is 0 Å². The number of ether oxygens (including phenoxy) is 2. The predicted octanol–water partition coefficient (Wildman–Crippen LogP) is 3.43. The van der Waals surface area contributed by atoms with Crippen LogP contribution in [0.2, 0.25) is 0 Å². The molecule has 0 bridgehead atoms. The van der Waals surface area contributed by atoms with Crippen LogP contribution in [0.25, 0.3) is 0 Å². The first kappa shape index (κ1) is 20.0. The van der Waals surface area contributed by atoms with E-state index in [1.807, 2.05) is 18.2 Å². The number of nitrogens with zero attached hydrogens (tertiary/aromatic N) is 3. The van der Waals surface area contributed by atoms with E-state index in [0.717, 1.165) is 5.56 Å². The number of hydrogen-bond acceptors (Lipinski definition) is 7. The SMILES string of the molecule is COc1ccc([C@H]2CC(=O)C3=C(C2)Nc2nc(N)nn2[C@@H]3c2ccccc2F)cc1OC. The van der Waals surface area contributed by atoms with Crippen molar-refractivity contribution in [3.63, 3.8) is 0 Å². The number of halogens is 1. The van der Waals surface area contributed by atoms with Gasteiger partial charge < -0.3 is 20.5 Å². The van der Waals surface area contributed by atoms with Crippen LogP contribution in [0.4, 0.5) is 16.3 Å². The van der Waals surface area contributed by atoms with Crippen LogP contribution in [-0.4, -0.2) is 34.8 Å². The Kier molecular flexibility index (Phi) is 4.80. The van der Waals surface area contributed by atoms with Crippen molar-refractivity contribution < 1.29 is 18.7 Å². The number of aromatic nitrogens is 3. The lowest BCUT2D eigenvalue weighted by Gasteiger charge is -2.35. The number of ketones is 1. The first-order valence-corrected chi connectivity index (χ1v) is 10.2. The third kappa shape index (κ3) is 3.17. The van der Waals surface area contributed by atoms with Gasteiger partial charge in [0.2, 0.25) is 11.9 Å². The van der Waals surface area contributed by atoms with Gasteiger partial charge in [-0.2, -0.15) is 4.98 Å². The molecule has 2 heterocycles. The highest BCUT2D eigenvalue weighted by atomic mass is 19.1. The second-order valence-corrected chi connectivity index (χ2v) is 7.82. The molecule has 2 aromatic carbocycles. The molecule has 0 saturated heterocycles. The van der Waals surface area contributed by atoms with Crippen molar-refractivity contribution in [2.45, 2.75) is 24.8 Å². The molecule has 0 radical (unpaired) electrons. The molecule has 5 rings (SSSR count). The average molecular weight is 435 g/mol. The molecule has 1 aliphatic carbocycles. The number of hydrogen-bond donors (Lipinski definition) is 2. The molecule has 3 N–H and O–H groups in total. The fraction of sp³-hybridized carbons (Fsp3) is 0.261. The van der Waals surface area contributed by atoms with Crippen LogP contribution in [0.3, 0.4) is 0 Å². The summed E-state index contributed by atoms with van der Waals surface area (Å²) in [6.45, 7) is 0. The zero-order valence-corrected chi connectivity index (χ0v) is 17.6. The lowest BCUT2D eigenvalue weighted by molar-refractivity contribution is -0.116. The van der Waals surface area contributed by atoms with Gasteiger partial charge in [0.15, 0.2) is 17.3 Å². The van der Waals surface area contributed by atoms with Crippen LogP contribution < -0.4 is 20.5 Å². The summed E-state index contributed by atoms with van der Waals surface area (Å²) in [6, 6.07) is 11.3. The number of carbonyl (C=O) groups excluding carboxylic acids is 1. The molecule has 9 heteroatoms. The Hall–Kier alpha value is -3.88. The number of methoxy groups -OCH3 is 2. The van der Waals surface area contributed by atoms with Gasteiger partial charge in [0.1, 0.15) is 11.9 Å². The number of carbonyl (C=O) groups is 1. The maximum Gasteiger partial charge on any atom is 0.241 e. The molecule has 32 heavy (non-hydrogen) atoms. The van der Waals surface area contributed by atoms with Crippen molar-refractivity contribution in [3.05, 3.63) is 70.7 Å². The molecule has 0 unspecified atom stereocenters. The monoisotopic (exact) mass is 435 g/mol. The van der Waals surface area contributed by atoms with Gasteiger partial charge in [0, 0.05) is 23.3 Å². The number of Topliss-reactive ketones (excluding diaryl/α,β-unsaturated/α-hetero) is 1. The third-order valence-electron chi connectivity index (χ3n) is 6.02. The van der Waals surface area contributed by atoms with Crippen LogP contribution in [0.15, 0.2) is 53.7 Å². The summed E-state index contributed by atoms with van der Waals surface area (Å²) < 4.78 is 27.0. The summed E-state index contributed by atoms with van der Waals surface area (Å²) in [7, 11) is 3.16. The van der Waals surface area contributed by atoms with Gasteiger partial charge in [-0.1, -0.05) is 24.3 Å². The highest BCUT2D eigenvalue weighted by molar-refractivity contribution is 6.00. The van der Waals surface area contributed by atoms with Crippen LogP contribution in [0.1, 0.15) is 35.9 Å². The quantitative estimate of drug-likeness (QED) is 0.647. The minimum absolute atomic E-state index is 0.0533. The van der Waals surface area contributed by atoms with Gasteiger partial charge in [-0.15, -0.1) is 5.10 Å². The fourth-order valence-corrected chi connectivity index (χ4v) is 4.56. The van der Waals surface area contributed by atoms with E-state index in [4.69, 9.17) is 15.2 Å². The molecular weight excluding hydrogens is 413 g/mol. The van der Waals surface area contributed by atoms with E-state index in [1.54, 1.807) is 32.4 Å². The summed E-state index contributed by atoms with van der Waals surface area (Å²) in [5.74, 6) is 1.09. The lowest BCUT2D eigenvalue weighted by atomic mass is 9.78. The number of nitrogen functional groups attached to an aromatic ring is 1. The first-order valence-electron chi connectivity index (χ1n) is 10.2. The van der Waals surface area contributed by atoms with Crippen LogP contribution in [0, 0.1) is 5.82 Å². The van der Waals surface area contributed by atoms with Crippen molar-refractivity contribution in [2.24, 2.45) is 0 Å². The molecule has 8 nitrogen and oxygen atoms in total. The van der Waals surface area contributed by atoms with Crippen LogP contribution in [0.5, 0.6) is 11.5 Å². The van der Waals surface area contributed by atoms with E-state index in [1.165, 1.54) is 10.7 Å². The molecule has 1 aromatic heterocycles. The second-order valence-electron chi connectivity index (χ2n) is 7.82. The molecule has 1 aliphatic heterocycles. The molecule has 0 amide bonds. The predicted molar refractivity (Wildman–Crippen MR) is 116 cm³/mol. The Morgan fingerprint density at radius 3 is 2.66 bits per heavy atom. The Morgan fingerprint density at radius 2 is 1.91 bits per heavy atom. The van der Waals surface area contributed by atoms with E-state index in [-0.39, 0.29) is 24.1 Å². The Bertz CT molecular complexity index is 1250. The second kappa shape index (κ2) is 7.67. The number of nitrogens with two attached hydrogens (primary N) is 1. The average Bonchev–Trinajstić information content (AvgIpc) is 3.17. The maximum atomic E-state index is 14.8. The number of anilines is 2. The first-order chi connectivity index (χ1) is 15.5. The van der Waals surface area contributed by atoms with Gasteiger partial charge in [-0.3, -0.25) is 4.79 Å². The molecule has 0 spiro atoms. The molecular formula is C23H22FN5O3. The van der Waals surface area contributed by atoms with Crippen molar-refractivity contribution in [1.29, 1.82) is 0 Å². The number of fused-ring (bicyclic) bond motifs is 1. The summed E-state index contributed by atoms with van der Waals surface area (Å²) >= 11 is 0. The minimum Gasteiger partial charge on any atom is -0.493 e. The van der Waals surface area contributed by atoms with E-state index < -0.39 is 11.9 Å². The smallest absolute Gasteiger partial charge is 0.241 e. The molecule has 0 fully saturated rings. The molecule has 2 atom stereocenters. The van der Waals surface area contributed by atoms with E-state index in [9.17, 15) is 9.18 Å². The van der Waals surface area contributed by atoms with Crippen molar-refractivity contribution in [2.75, 3.05) is 25.3 Å². The zero-order chi connectivity index (χ0) is 22.4. The molecule has 164 valence electrons. The van der Waals surface area contributed by atoms with Crippen molar-refractivity contribution >= 4 is 17.7 Å². The molecule has 0 saturated carbocycles. The van der Waals surface area contributed by atoms with Gasteiger partial charge >= 0.3 is 0 Å². The number of allylic oxidation sites excluding steroid dienone is 2. The van der Waals surface area contributed by atoms with E-state index in [2.05, 4.69) is 15.4 Å². The van der Waals surface area contributed by atoms with Gasteiger partial charge in [-0.05, 0) is 36.1 Å². The molecule has 3 aromatic rings. The van der Waals surface area contributed by atoms with E-state index >= 15 is 0 Å². The van der Waals surface area contributed by atoms with Crippen molar-refractivity contribution in [3.8, 4) is 11.5 Å². The zero-order valence-electron chi connectivity index (χ0n) is 17.6. The largest absolute Gasteiger partial charge is 0.493 e. The highest BCUT2D eigenvalue weighted by Gasteiger charge is 2.40. The Balaban J connectivity index is 1.59. The van der Waals surface area contributed by atoms with E-state index in [0.29, 0.717) is 40.7 Å². The van der Waals surface area contributed by atoms with Gasteiger partial charge in [-0.25, -0.2) is 9.07 Å². The van der Waals surface area contributed by atoms with Crippen LogP contribution >= 0.6 is 0 Å². The lowest BCUT2D eigenvalue weighted by Crippen LogP contribution is -2.34. The van der Waals surface area contributed by atoms with Crippen molar-refractivity contribution in [1.82, 2.24) is 14.8 Å². The molecule has 2 aliphatic rings. The summed E-state index contributed by atoms with van der Waals surface area (Å²) in [4.78, 5) is 17.7. The Morgan fingerprint density at radius 1 is 1.12 bits per heavy atom. The van der Waals surface area contributed by atoms with Crippen LogP contribution in [-0.2, 0) is 4.79 Å². The summed E-state index contributed by atoms with van der Waals surface area (Å²) in [6.07, 6.45) is 0.828. The number of benzene rings is 2. The highest BCUT2D eigenvalue weighted by Crippen LogP contribution is 2.45. The minimum atomic E-state index is -0.730. The summed E-state index contributed by atoms with van der Waals surface area (Å²) in [5.41, 5.74) is 8.33. The number of rotatable bonds is 4. The normalized spacial score (nSPS) is 19.8. The standard InChI is InChI=1S/C23H22FN5O3/c1-31-18-8-7-12(11-19(18)32-2)13-9-16-20(17(30)10-13)21(14-5-3-4-6-15(14)24)29-23(26-16)27-22(25)28-29/h3-8,11,13,21H,9-10H2,1-2H3,(H3,25,26,27,28)/t13-,21-/m1/s1.